The Labute approximate surface area is 97.6 Å². The molecule has 1 aliphatic rings. The van der Waals surface area contributed by atoms with Crippen molar-refractivity contribution < 1.29 is 14.3 Å². The number of aromatic nitrogens is 1. The molecule has 5 nitrogen and oxygen atoms in total. The van der Waals surface area contributed by atoms with Gasteiger partial charge in [-0.2, -0.15) is 0 Å². The van der Waals surface area contributed by atoms with Crippen LogP contribution >= 0.6 is 11.3 Å². The van der Waals surface area contributed by atoms with Gasteiger partial charge in [-0.1, -0.05) is 0 Å². The Balaban J connectivity index is 2.27. The maximum atomic E-state index is 11.5. The molecule has 1 aromatic rings. The van der Waals surface area contributed by atoms with Crippen molar-refractivity contribution in [2.24, 2.45) is 0 Å². The first-order valence-electron chi connectivity index (χ1n) is 5.14. The predicted octanol–water partition coefficient (Wildman–Crippen LogP) is 1.41. The third-order valence-electron chi connectivity index (χ3n) is 2.64. The summed E-state index contributed by atoms with van der Waals surface area (Å²) in [5, 5.41) is 0.418. The normalized spacial score (nSPS) is 17.3. The minimum atomic E-state index is -0.408. The highest BCUT2D eigenvalue weighted by Crippen LogP contribution is 2.35. The zero-order valence-corrected chi connectivity index (χ0v) is 9.88. The average molecular weight is 242 g/mol. The summed E-state index contributed by atoms with van der Waals surface area (Å²) < 4.78 is 9.99. The number of esters is 1. The smallest absolute Gasteiger partial charge is 0.357 e. The quantitative estimate of drug-likeness (QED) is 0.793. The fourth-order valence-electron chi connectivity index (χ4n) is 1.83. The number of nitrogens with two attached hydrogens (primary N) is 1. The monoisotopic (exact) mass is 242 g/mol. The van der Waals surface area contributed by atoms with Gasteiger partial charge in [-0.25, -0.2) is 9.78 Å². The molecule has 1 aliphatic heterocycles. The lowest BCUT2D eigenvalue weighted by Gasteiger charge is -2.21. The number of carbonyl (C=O) groups is 1. The Morgan fingerprint density at radius 2 is 2.25 bits per heavy atom. The van der Waals surface area contributed by atoms with Crippen LogP contribution in [-0.2, 0) is 9.47 Å². The molecular weight excluding hydrogens is 228 g/mol. The van der Waals surface area contributed by atoms with Crippen LogP contribution in [0.3, 0.4) is 0 Å². The third-order valence-corrected chi connectivity index (χ3v) is 3.69. The van der Waals surface area contributed by atoms with Gasteiger partial charge >= 0.3 is 5.97 Å². The van der Waals surface area contributed by atoms with E-state index in [2.05, 4.69) is 4.98 Å². The van der Waals surface area contributed by atoms with Gasteiger partial charge < -0.3 is 15.2 Å². The first kappa shape index (κ1) is 11.3. The van der Waals surface area contributed by atoms with Crippen molar-refractivity contribution >= 4 is 22.4 Å². The molecule has 0 unspecified atom stereocenters. The number of hydrogen-bond donors (Lipinski definition) is 1. The zero-order chi connectivity index (χ0) is 11.5. The van der Waals surface area contributed by atoms with E-state index in [-0.39, 0.29) is 0 Å². The Morgan fingerprint density at radius 3 is 2.88 bits per heavy atom. The maximum Gasteiger partial charge on any atom is 0.357 e. The molecule has 0 saturated carbocycles. The molecule has 2 N–H and O–H groups in total. The van der Waals surface area contributed by atoms with Gasteiger partial charge in [0.2, 0.25) is 0 Å². The summed E-state index contributed by atoms with van der Waals surface area (Å²) in [5.74, 6) is -0.0907. The van der Waals surface area contributed by atoms with Crippen LogP contribution in [0.4, 0.5) is 5.13 Å². The second-order valence-electron chi connectivity index (χ2n) is 3.64. The van der Waals surface area contributed by atoms with Crippen molar-refractivity contribution in [3.8, 4) is 0 Å². The molecule has 2 rings (SSSR count). The van der Waals surface area contributed by atoms with Crippen LogP contribution in [-0.4, -0.2) is 31.3 Å². The van der Waals surface area contributed by atoms with Crippen molar-refractivity contribution in [3.63, 3.8) is 0 Å². The van der Waals surface area contributed by atoms with Crippen LogP contribution in [0.25, 0.3) is 0 Å². The molecule has 1 aromatic heterocycles. The topological polar surface area (TPSA) is 74.4 Å². The zero-order valence-electron chi connectivity index (χ0n) is 9.06. The number of methoxy groups -OCH3 is 1. The van der Waals surface area contributed by atoms with Gasteiger partial charge in [-0.05, 0) is 12.8 Å². The minimum absolute atomic E-state index is 0.317. The molecule has 0 amide bonds. The number of hydrogen-bond acceptors (Lipinski definition) is 6. The summed E-state index contributed by atoms with van der Waals surface area (Å²) >= 11 is 1.37. The number of anilines is 1. The average Bonchev–Trinajstić information content (AvgIpc) is 2.71. The van der Waals surface area contributed by atoms with Crippen LogP contribution in [0.15, 0.2) is 0 Å². The highest BCUT2D eigenvalue weighted by atomic mass is 32.1. The molecule has 0 spiro atoms. The number of nitrogen functional groups attached to an aromatic ring is 1. The number of carbonyl (C=O) groups excluding carboxylic acids is 1. The lowest BCUT2D eigenvalue weighted by Crippen LogP contribution is -2.16. The van der Waals surface area contributed by atoms with Crippen LogP contribution in [0.2, 0.25) is 0 Å². The first-order chi connectivity index (χ1) is 7.72. The van der Waals surface area contributed by atoms with E-state index < -0.39 is 5.97 Å². The van der Waals surface area contributed by atoms with Gasteiger partial charge in [0.25, 0.3) is 0 Å². The third kappa shape index (κ3) is 2.17. The van der Waals surface area contributed by atoms with E-state index in [9.17, 15) is 4.79 Å². The summed E-state index contributed by atoms with van der Waals surface area (Å²) in [6.45, 7) is 1.45. The molecule has 2 heterocycles. The maximum absolute atomic E-state index is 11.5. The Kier molecular flexibility index (Phi) is 3.40. The largest absolute Gasteiger partial charge is 0.464 e. The lowest BCUT2D eigenvalue weighted by atomic mass is 9.97. The molecule has 6 heteroatoms. The highest BCUT2D eigenvalue weighted by Gasteiger charge is 2.26. The van der Waals surface area contributed by atoms with E-state index in [1.807, 2.05) is 0 Å². The summed E-state index contributed by atoms with van der Waals surface area (Å²) in [6.07, 6.45) is 1.82. The van der Waals surface area contributed by atoms with E-state index in [4.69, 9.17) is 15.2 Å². The van der Waals surface area contributed by atoms with Crippen molar-refractivity contribution in [1.29, 1.82) is 0 Å². The minimum Gasteiger partial charge on any atom is -0.464 e. The fraction of sp³-hybridized carbons (Fsp3) is 0.600. The number of thiazole rings is 1. The van der Waals surface area contributed by atoms with E-state index >= 15 is 0 Å². The van der Waals surface area contributed by atoms with E-state index in [0.717, 1.165) is 30.9 Å². The van der Waals surface area contributed by atoms with Crippen LogP contribution in [0, 0.1) is 0 Å². The summed E-state index contributed by atoms with van der Waals surface area (Å²) in [7, 11) is 1.35. The van der Waals surface area contributed by atoms with Crippen LogP contribution < -0.4 is 5.73 Å². The van der Waals surface area contributed by atoms with Gasteiger partial charge in [0, 0.05) is 24.0 Å². The van der Waals surface area contributed by atoms with Crippen molar-refractivity contribution in [2.75, 3.05) is 26.1 Å². The molecule has 0 atom stereocenters. The van der Waals surface area contributed by atoms with E-state index in [1.165, 1.54) is 18.4 Å². The Morgan fingerprint density at radius 1 is 1.56 bits per heavy atom. The predicted molar refractivity (Wildman–Crippen MR) is 60.7 cm³/mol. The summed E-state index contributed by atoms with van der Waals surface area (Å²) in [4.78, 5) is 16.5. The van der Waals surface area contributed by atoms with Crippen LogP contribution in [0.1, 0.15) is 34.1 Å². The van der Waals surface area contributed by atoms with Gasteiger partial charge in [0.15, 0.2) is 10.8 Å². The van der Waals surface area contributed by atoms with Gasteiger partial charge in [-0.15, -0.1) is 11.3 Å². The van der Waals surface area contributed by atoms with Crippen LogP contribution in [0.5, 0.6) is 0 Å². The number of rotatable bonds is 2. The molecule has 0 aliphatic carbocycles. The summed E-state index contributed by atoms with van der Waals surface area (Å²) in [5.41, 5.74) is 6.02. The molecule has 1 fully saturated rings. The second kappa shape index (κ2) is 4.80. The lowest BCUT2D eigenvalue weighted by molar-refractivity contribution is 0.0587. The number of ether oxygens (including phenoxy) is 2. The molecule has 88 valence electrons. The van der Waals surface area contributed by atoms with Crippen molar-refractivity contribution in [3.05, 3.63) is 10.6 Å². The second-order valence-corrected chi connectivity index (χ2v) is 4.71. The molecule has 1 saturated heterocycles. The van der Waals surface area contributed by atoms with Gasteiger partial charge in [0.05, 0.1) is 7.11 Å². The number of nitrogens with zero attached hydrogens (tertiary/aromatic N) is 1. The standard InChI is InChI=1S/C10H14N2O3S/c1-14-9(13)7-8(16-10(11)12-7)6-2-4-15-5-3-6/h6H,2-5H2,1H3,(H2,11,12). The molecule has 0 bridgehead atoms. The molecule has 0 radical (unpaired) electrons. The van der Waals surface area contributed by atoms with Crippen molar-refractivity contribution in [2.45, 2.75) is 18.8 Å². The highest BCUT2D eigenvalue weighted by molar-refractivity contribution is 7.15. The molecule has 0 aromatic carbocycles. The van der Waals surface area contributed by atoms with Gasteiger partial charge in [-0.3, -0.25) is 0 Å². The SMILES string of the molecule is COC(=O)c1nc(N)sc1C1CCOCC1. The first-order valence-corrected chi connectivity index (χ1v) is 5.96. The van der Waals surface area contributed by atoms with E-state index in [0.29, 0.717) is 16.7 Å². The van der Waals surface area contributed by atoms with E-state index in [1.54, 1.807) is 0 Å². The van der Waals surface area contributed by atoms with Gasteiger partial charge in [0.1, 0.15) is 0 Å². The van der Waals surface area contributed by atoms with Crippen molar-refractivity contribution in [1.82, 2.24) is 4.98 Å². The Bertz CT molecular complexity index is 385. The molecular formula is C10H14N2O3S. The Hall–Kier alpha value is -1.14. The molecule has 16 heavy (non-hydrogen) atoms. The summed E-state index contributed by atoms with van der Waals surface area (Å²) in [6, 6.07) is 0. The fourth-order valence-corrected chi connectivity index (χ4v) is 2.82.